The lowest BCUT2D eigenvalue weighted by molar-refractivity contribution is 0.439. The van der Waals surface area contributed by atoms with E-state index in [-0.39, 0.29) is 22.9 Å². The molecule has 30 heavy (non-hydrogen) atoms. The second-order valence-electron chi connectivity index (χ2n) is 6.25. The monoisotopic (exact) mass is 431 g/mol. The van der Waals surface area contributed by atoms with Crippen LogP contribution in [-0.2, 0) is 10.0 Å². The molecule has 0 fully saturated rings. The summed E-state index contributed by atoms with van der Waals surface area (Å²) in [6.45, 7) is 1.51. The minimum absolute atomic E-state index is 0.105. The summed E-state index contributed by atoms with van der Waals surface area (Å²) in [7, 11) is -3.52. The van der Waals surface area contributed by atoms with Gasteiger partial charge in [0.1, 0.15) is 17.9 Å². The van der Waals surface area contributed by atoms with E-state index in [9.17, 15) is 17.2 Å². The third-order valence-corrected chi connectivity index (χ3v) is 5.49. The van der Waals surface area contributed by atoms with E-state index >= 15 is 0 Å². The number of hydrogen-bond acceptors (Lipinski definition) is 6. The van der Waals surface area contributed by atoms with E-state index in [0.29, 0.717) is 23.0 Å². The number of rotatable bonds is 6. The quantitative estimate of drug-likeness (QED) is 0.501. The Morgan fingerprint density at radius 3 is 2.63 bits per heavy atom. The van der Waals surface area contributed by atoms with Gasteiger partial charge in [-0.05, 0) is 49.4 Å². The molecule has 4 rings (SSSR count). The van der Waals surface area contributed by atoms with Crippen molar-refractivity contribution in [2.24, 2.45) is 0 Å². The summed E-state index contributed by atoms with van der Waals surface area (Å²) < 4.78 is 60.7. The van der Waals surface area contributed by atoms with Gasteiger partial charge < -0.3 is 4.74 Å². The standard InChI is InChI=1S/C19H15F2N5O3S/c1-2-30(27,28)25-13-4-7-17(29-18-6-3-12(20)9-15(18)21)14(10-13)16-5-8-19-23-22-11-26(19)24-16/h3-11,25H,2H2,1H3. The molecule has 154 valence electrons. The third-order valence-electron chi connectivity index (χ3n) is 4.18. The zero-order chi connectivity index (χ0) is 21.3. The van der Waals surface area contributed by atoms with Crippen molar-refractivity contribution in [2.75, 3.05) is 10.5 Å². The van der Waals surface area contributed by atoms with Crippen LogP contribution in [-0.4, -0.2) is 34.0 Å². The van der Waals surface area contributed by atoms with Crippen LogP contribution < -0.4 is 9.46 Å². The number of hydrogen-bond donors (Lipinski definition) is 1. The first-order valence-corrected chi connectivity index (χ1v) is 10.4. The topological polar surface area (TPSA) is 98.5 Å². The van der Waals surface area contributed by atoms with Gasteiger partial charge in [-0.25, -0.2) is 17.2 Å². The molecule has 2 aromatic heterocycles. The van der Waals surface area contributed by atoms with Crippen molar-refractivity contribution in [1.82, 2.24) is 19.8 Å². The van der Waals surface area contributed by atoms with E-state index in [1.54, 1.807) is 12.1 Å². The van der Waals surface area contributed by atoms with Gasteiger partial charge in [-0.15, -0.1) is 10.2 Å². The summed E-state index contributed by atoms with van der Waals surface area (Å²) in [6, 6.07) is 10.7. The summed E-state index contributed by atoms with van der Waals surface area (Å²) in [4.78, 5) is 0. The Labute approximate surface area is 170 Å². The maximum Gasteiger partial charge on any atom is 0.232 e. The summed E-state index contributed by atoms with van der Waals surface area (Å²) in [5.74, 6) is -1.71. The van der Waals surface area contributed by atoms with Gasteiger partial charge in [0.25, 0.3) is 0 Å². The van der Waals surface area contributed by atoms with Crippen LogP contribution in [0.5, 0.6) is 11.5 Å². The Morgan fingerprint density at radius 1 is 1.07 bits per heavy atom. The highest BCUT2D eigenvalue weighted by Crippen LogP contribution is 2.36. The van der Waals surface area contributed by atoms with Crippen LogP contribution in [0, 0.1) is 11.6 Å². The Kier molecular flexibility index (Phi) is 5.04. The van der Waals surface area contributed by atoms with Gasteiger partial charge in [-0.1, -0.05) is 0 Å². The largest absolute Gasteiger partial charge is 0.454 e. The molecule has 0 atom stereocenters. The molecule has 0 radical (unpaired) electrons. The molecule has 11 heteroatoms. The lowest BCUT2D eigenvalue weighted by Crippen LogP contribution is -2.14. The van der Waals surface area contributed by atoms with Crippen molar-refractivity contribution in [3.05, 3.63) is 66.5 Å². The Bertz CT molecular complexity index is 1340. The smallest absolute Gasteiger partial charge is 0.232 e. The average molecular weight is 431 g/mol. The molecule has 0 amide bonds. The van der Waals surface area contributed by atoms with Gasteiger partial charge in [0.2, 0.25) is 10.0 Å². The Morgan fingerprint density at radius 2 is 1.87 bits per heavy atom. The average Bonchev–Trinajstić information content (AvgIpc) is 3.18. The summed E-state index contributed by atoms with van der Waals surface area (Å²) in [5.41, 5.74) is 1.57. The minimum Gasteiger partial charge on any atom is -0.454 e. The number of benzene rings is 2. The summed E-state index contributed by atoms with van der Waals surface area (Å²) in [5, 5.41) is 12.0. The summed E-state index contributed by atoms with van der Waals surface area (Å²) in [6.07, 6.45) is 1.41. The third kappa shape index (κ3) is 4.06. The van der Waals surface area contributed by atoms with E-state index in [1.165, 1.54) is 42.0 Å². The number of anilines is 1. The fourth-order valence-corrected chi connectivity index (χ4v) is 3.31. The molecule has 2 heterocycles. The molecule has 0 spiro atoms. The molecule has 0 aliphatic heterocycles. The van der Waals surface area contributed by atoms with Crippen LogP contribution in [0.3, 0.4) is 0 Å². The van der Waals surface area contributed by atoms with E-state index in [4.69, 9.17) is 4.74 Å². The number of fused-ring (bicyclic) bond motifs is 1. The SMILES string of the molecule is CCS(=O)(=O)Nc1ccc(Oc2ccc(F)cc2F)c(-c2ccc3nncn3n2)c1. The molecule has 0 bridgehead atoms. The number of nitrogens with zero attached hydrogens (tertiary/aromatic N) is 4. The first-order chi connectivity index (χ1) is 14.3. The molecule has 2 aromatic carbocycles. The van der Waals surface area contributed by atoms with Gasteiger partial charge >= 0.3 is 0 Å². The highest BCUT2D eigenvalue weighted by Gasteiger charge is 2.16. The van der Waals surface area contributed by atoms with Gasteiger partial charge in [-0.2, -0.15) is 9.61 Å². The van der Waals surface area contributed by atoms with Crippen molar-refractivity contribution >= 4 is 21.4 Å². The van der Waals surface area contributed by atoms with Crippen molar-refractivity contribution < 1.29 is 21.9 Å². The van der Waals surface area contributed by atoms with Crippen LogP contribution in [0.25, 0.3) is 16.9 Å². The lowest BCUT2D eigenvalue weighted by Gasteiger charge is -2.14. The lowest BCUT2D eigenvalue weighted by atomic mass is 10.1. The van der Waals surface area contributed by atoms with E-state index in [0.717, 1.165) is 6.07 Å². The molecule has 8 nitrogen and oxygen atoms in total. The number of aromatic nitrogens is 4. The minimum atomic E-state index is -3.52. The molecule has 1 N–H and O–H groups in total. The number of ether oxygens (including phenoxy) is 1. The molecular formula is C19H15F2N5O3S. The second kappa shape index (κ2) is 7.67. The highest BCUT2D eigenvalue weighted by molar-refractivity contribution is 7.92. The van der Waals surface area contributed by atoms with Crippen LogP contribution in [0.15, 0.2) is 54.9 Å². The van der Waals surface area contributed by atoms with E-state index in [2.05, 4.69) is 20.0 Å². The zero-order valence-electron chi connectivity index (χ0n) is 15.6. The van der Waals surface area contributed by atoms with Gasteiger partial charge in [0.15, 0.2) is 17.2 Å². The van der Waals surface area contributed by atoms with Crippen LogP contribution in [0.4, 0.5) is 14.5 Å². The fourth-order valence-electron chi connectivity index (χ4n) is 2.68. The number of sulfonamides is 1. The van der Waals surface area contributed by atoms with E-state index in [1.807, 2.05) is 0 Å². The van der Waals surface area contributed by atoms with Crippen molar-refractivity contribution in [3.63, 3.8) is 0 Å². The zero-order valence-corrected chi connectivity index (χ0v) is 16.4. The Hall–Kier alpha value is -3.60. The first kappa shape index (κ1) is 19.7. The van der Waals surface area contributed by atoms with Crippen LogP contribution >= 0.6 is 0 Å². The van der Waals surface area contributed by atoms with E-state index < -0.39 is 21.7 Å². The molecule has 4 aromatic rings. The predicted octanol–water partition coefficient (Wildman–Crippen LogP) is 3.62. The molecule has 0 aliphatic rings. The number of nitrogens with one attached hydrogen (secondary N) is 1. The maximum atomic E-state index is 14.1. The van der Waals surface area contributed by atoms with Crippen molar-refractivity contribution in [3.8, 4) is 22.8 Å². The number of halogens is 2. The van der Waals surface area contributed by atoms with Gasteiger partial charge in [-0.3, -0.25) is 4.72 Å². The Balaban J connectivity index is 1.81. The van der Waals surface area contributed by atoms with Crippen LogP contribution in [0.1, 0.15) is 6.92 Å². The van der Waals surface area contributed by atoms with Gasteiger partial charge in [0, 0.05) is 17.3 Å². The normalized spacial score (nSPS) is 11.6. The molecule has 0 unspecified atom stereocenters. The molecule has 0 saturated heterocycles. The molecule has 0 saturated carbocycles. The van der Waals surface area contributed by atoms with Crippen molar-refractivity contribution in [1.29, 1.82) is 0 Å². The maximum absolute atomic E-state index is 14.1. The second-order valence-corrected chi connectivity index (χ2v) is 8.26. The van der Waals surface area contributed by atoms with Crippen LogP contribution in [0.2, 0.25) is 0 Å². The molecular weight excluding hydrogens is 416 g/mol. The predicted molar refractivity (Wildman–Crippen MR) is 106 cm³/mol. The molecule has 0 aliphatic carbocycles. The van der Waals surface area contributed by atoms with Gasteiger partial charge in [0.05, 0.1) is 11.4 Å². The summed E-state index contributed by atoms with van der Waals surface area (Å²) >= 11 is 0. The first-order valence-electron chi connectivity index (χ1n) is 8.79. The van der Waals surface area contributed by atoms with Crippen molar-refractivity contribution in [2.45, 2.75) is 6.92 Å². The fraction of sp³-hybridized carbons (Fsp3) is 0.105. The highest BCUT2D eigenvalue weighted by atomic mass is 32.2.